The van der Waals surface area contributed by atoms with E-state index in [0.717, 1.165) is 46.8 Å². The molecule has 2 aromatic carbocycles. The Morgan fingerprint density at radius 2 is 1.92 bits per heavy atom. The molecule has 2 aliphatic heterocycles. The van der Waals surface area contributed by atoms with Gasteiger partial charge in [0.25, 0.3) is 5.91 Å². The molecule has 1 amide bonds. The maximum absolute atomic E-state index is 13.2. The van der Waals surface area contributed by atoms with Crippen molar-refractivity contribution < 1.29 is 19.0 Å². The fraction of sp³-hybridized carbons (Fsp3) is 0.357. The van der Waals surface area contributed by atoms with Gasteiger partial charge in [-0.2, -0.15) is 0 Å². The highest BCUT2D eigenvalue weighted by Crippen LogP contribution is 2.37. The maximum Gasteiger partial charge on any atom is 0.266 e. The Balaban J connectivity index is 1.16. The molecule has 36 heavy (non-hydrogen) atoms. The van der Waals surface area contributed by atoms with E-state index in [9.17, 15) is 4.79 Å². The van der Waals surface area contributed by atoms with Gasteiger partial charge in [0, 0.05) is 35.3 Å². The van der Waals surface area contributed by atoms with E-state index < -0.39 is 0 Å². The molecule has 1 aliphatic carbocycles. The summed E-state index contributed by atoms with van der Waals surface area (Å²) in [5.74, 6) is 2.97. The minimum atomic E-state index is 0.0333. The maximum atomic E-state index is 13.2. The Hall–Kier alpha value is -2.97. The molecule has 0 atom stereocenters. The molecule has 0 radical (unpaired) electrons. The average molecular weight is 521 g/mol. The Kier molecular flexibility index (Phi) is 6.63. The van der Waals surface area contributed by atoms with Gasteiger partial charge in [-0.1, -0.05) is 67.9 Å². The lowest BCUT2D eigenvalue weighted by Gasteiger charge is -2.17. The number of amides is 1. The van der Waals surface area contributed by atoms with Crippen LogP contribution in [0.4, 0.5) is 0 Å². The van der Waals surface area contributed by atoms with Gasteiger partial charge in [-0.3, -0.25) is 9.69 Å². The lowest BCUT2D eigenvalue weighted by atomic mass is 10.0. The molecule has 1 saturated heterocycles. The molecule has 1 aromatic heterocycles. The Morgan fingerprint density at radius 3 is 2.81 bits per heavy atom. The topological polar surface area (TPSA) is 52.9 Å². The van der Waals surface area contributed by atoms with Gasteiger partial charge < -0.3 is 18.8 Å². The number of nitrogens with zero attached hydrogens (tertiary/aromatic N) is 2. The van der Waals surface area contributed by atoms with Crippen LogP contribution in [0.15, 0.2) is 53.6 Å². The lowest BCUT2D eigenvalue weighted by molar-refractivity contribution is -0.122. The van der Waals surface area contributed by atoms with Crippen molar-refractivity contribution in [2.24, 2.45) is 5.92 Å². The van der Waals surface area contributed by atoms with Crippen molar-refractivity contribution in [3.8, 4) is 17.2 Å². The summed E-state index contributed by atoms with van der Waals surface area (Å²) in [5.41, 5.74) is 2.12. The zero-order valence-electron chi connectivity index (χ0n) is 20.0. The van der Waals surface area contributed by atoms with Gasteiger partial charge in [-0.15, -0.1) is 0 Å². The van der Waals surface area contributed by atoms with Crippen molar-refractivity contribution in [1.82, 2.24) is 9.47 Å². The van der Waals surface area contributed by atoms with Crippen LogP contribution >= 0.6 is 24.0 Å². The molecule has 0 spiro atoms. The summed E-state index contributed by atoms with van der Waals surface area (Å²) in [7, 11) is 0. The molecular formula is C28H28N2O4S2. The number of hydrogen-bond acceptors (Lipinski definition) is 6. The van der Waals surface area contributed by atoms with E-state index in [4.69, 9.17) is 26.4 Å². The molecule has 0 bridgehead atoms. The summed E-state index contributed by atoms with van der Waals surface area (Å²) in [5, 5.41) is 1.11. The minimum absolute atomic E-state index is 0.0333. The number of benzene rings is 2. The van der Waals surface area contributed by atoms with Crippen LogP contribution in [0.3, 0.4) is 0 Å². The second-order valence-corrected chi connectivity index (χ2v) is 11.1. The van der Waals surface area contributed by atoms with Crippen LogP contribution < -0.4 is 14.2 Å². The zero-order chi connectivity index (χ0) is 24.5. The molecule has 3 aromatic rings. The van der Waals surface area contributed by atoms with Crippen LogP contribution in [0, 0.1) is 5.92 Å². The molecule has 186 valence electrons. The van der Waals surface area contributed by atoms with Crippen molar-refractivity contribution >= 4 is 51.2 Å². The van der Waals surface area contributed by atoms with E-state index >= 15 is 0 Å². The molecule has 2 fully saturated rings. The molecule has 0 N–H and O–H groups in total. The fourth-order valence-electron chi connectivity index (χ4n) is 5.25. The highest BCUT2D eigenvalue weighted by atomic mass is 32.2. The third-order valence-corrected chi connectivity index (χ3v) is 8.54. The summed E-state index contributed by atoms with van der Waals surface area (Å²) in [6.07, 6.45) is 10.3. The Morgan fingerprint density at radius 1 is 1.08 bits per heavy atom. The second-order valence-electron chi connectivity index (χ2n) is 9.43. The van der Waals surface area contributed by atoms with Crippen LogP contribution in [0.2, 0.25) is 0 Å². The summed E-state index contributed by atoms with van der Waals surface area (Å²) < 4.78 is 19.6. The van der Waals surface area contributed by atoms with Crippen LogP contribution in [0.5, 0.6) is 17.2 Å². The first-order valence-corrected chi connectivity index (χ1v) is 13.7. The summed E-state index contributed by atoms with van der Waals surface area (Å²) >= 11 is 6.99. The van der Waals surface area contributed by atoms with Crippen molar-refractivity contribution in [2.45, 2.75) is 38.6 Å². The van der Waals surface area contributed by atoms with Crippen LogP contribution in [0.25, 0.3) is 17.0 Å². The van der Waals surface area contributed by atoms with Crippen LogP contribution in [-0.2, 0) is 11.3 Å². The Bertz CT molecular complexity index is 1340. The minimum Gasteiger partial charge on any atom is -0.492 e. The summed E-state index contributed by atoms with van der Waals surface area (Å²) in [4.78, 5) is 15.7. The van der Waals surface area contributed by atoms with Gasteiger partial charge in [0.05, 0.1) is 11.4 Å². The number of thiocarbonyl (C=S) groups is 1. The third kappa shape index (κ3) is 4.72. The zero-order valence-corrected chi connectivity index (χ0v) is 21.6. The fourth-order valence-corrected chi connectivity index (χ4v) is 6.55. The first kappa shape index (κ1) is 23.4. The average Bonchev–Trinajstić information content (AvgIpc) is 3.67. The first-order chi connectivity index (χ1) is 17.7. The molecule has 3 aliphatic rings. The Labute approximate surface area is 220 Å². The SMILES string of the molecule is O=C1/C(=C/c2cn(CCOc3ccc4c(c3)OCO4)c3ccccc23)SC(=S)N1CCC1CCCC1. The summed E-state index contributed by atoms with van der Waals surface area (Å²) in [6, 6.07) is 13.9. The second kappa shape index (κ2) is 10.2. The van der Waals surface area contributed by atoms with E-state index in [-0.39, 0.29) is 12.7 Å². The van der Waals surface area contributed by atoms with Gasteiger partial charge in [0.15, 0.2) is 11.5 Å². The number of rotatable bonds is 8. The highest BCUT2D eigenvalue weighted by Gasteiger charge is 2.32. The number of fused-ring (bicyclic) bond motifs is 2. The number of para-hydroxylation sites is 1. The predicted molar refractivity (Wildman–Crippen MR) is 146 cm³/mol. The first-order valence-electron chi connectivity index (χ1n) is 12.5. The van der Waals surface area contributed by atoms with Gasteiger partial charge in [-0.05, 0) is 36.6 Å². The quantitative estimate of drug-likeness (QED) is 0.259. The summed E-state index contributed by atoms with van der Waals surface area (Å²) in [6.45, 7) is 2.15. The molecule has 1 saturated carbocycles. The van der Waals surface area contributed by atoms with Gasteiger partial charge in [0.2, 0.25) is 6.79 Å². The highest BCUT2D eigenvalue weighted by molar-refractivity contribution is 8.26. The number of carbonyl (C=O) groups is 1. The van der Waals surface area contributed by atoms with E-state index in [2.05, 4.69) is 22.9 Å². The van der Waals surface area contributed by atoms with Crippen molar-refractivity contribution in [2.75, 3.05) is 19.9 Å². The largest absolute Gasteiger partial charge is 0.492 e. The lowest BCUT2D eigenvalue weighted by Crippen LogP contribution is -2.30. The third-order valence-electron chi connectivity index (χ3n) is 7.16. The van der Waals surface area contributed by atoms with Crippen molar-refractivity contribution in [1.29, 1.82) is 0 Å². The molecule has 6 rings (SSSR count). The van der Waals surface area contributed by atoms with E-state index in [0.29, 0.717) is 28.1 Å². The molecule has 0 unspecified atom stereocenters. The van der Waals surface area contributed by atoms with Gasteiger partial charge in [-0.25, -0.2) is 0 Å². The van der Waals surface area contributed by atoms with E-state index in [1.54, 1.807) is 4.90 Å². The number of thioether (sulfide) groups is 1. The van der Waals surface area contributed by atoms with Crippen LogP contribution in [0.1, 0.15) is 37.7 Å². The molecular weight excluding hydrogens is 492 g/mol. The molecule has 3 heterocycles. The predicted octanol–water partition coefficient (Wildman–Crippen LogP) is 6.23. The van der Waals surface area contributed by atoms with Crippen LogP contribution in [-0.4, -0.2) is 39.6 Å². The number of hydrogen-bond donors (Lipinski definition) is 0. The van der Waals surface area contributed by atoms with E-state index in [1.165, 1.54) is 37.4 Å². The monoisotopic (exact) mass is 520 g/mol. The van der Waals surface area contributed by atoms with Gasteiger partial charge in [0.1, 0.15) is 16.7 Å². The standard InChI is InChI=1S/C28H28N2O4S2/c31-27-26(36-28(35)30(27)12-11-19-5-1-2-6-19)15-20-17-29(23-8-4-3-7-22(20)23)13-14-32-21-9-10-24-25(16-21)34-18-33-24/h3-4,7-10,15-17,19H,1-2,5-6,11-14,18H2/b26-15-. The van der Waals surface area contributed by atoms with Crippen molar-refractivity contribution in [3.63, 3.8) is 0 Å². The van der Waals surface area contributed by atoms with Gasteiger partial charge >= 0.3 is 0 Å². The molecule has 8 heteroatoms. The number of ether oxygens (including phenoxy) is 3. The van der Waals surface area contributed by atoms with Crippen molar-refractivity contribution in [3.05, 3.63) is 59.1 Å². The smallest absolute Gasteiger partial charge is 0.266 e. The number of carbonyl (C=O) groups excluding carboxylic acids is 1. The normalized spacial score (nSPS) is 18.8. The molecule has 6 nitrogen and oxygen atoms in total. The van der Waals surface area contributed by atoms with E-state index in [1.807, 2.05) is 36.4 Å². The number of aromatic nitrogens is 1.